The van der Waals surface area contributed by atoms with Crippen LogP contribution in [0.5, 0.6) is 0 Å². The van der Waals surface area contributed by atoms with Crippen LogP contribution in [-0.2, 0) is 9.53 Å². The van der Waals surface area contributed by atoms with Gasteiger partial charge >= 0.3 is 12.0 Å². The molecule has 1 aliphatic carbocycles. The van der Waals surface area contributed by atoms with Crippen molar-refractivity contribution >= 4 is 28.8 Å². The average molecular weight is 371 g/mol. The summed E-state index contributed by atoms with van der Waals surface area (Å²) in [4.78, 5) is 39.1. The Bertz CT molecular complexity index is 865. The molecule has 1 saturated carbocycles. The van der Waals surface area contributed by atoms with E-state index in [1.54, 1.807) is 12.1 Å². The lowest BCUT2D eigenvalue weighted by atomic mass is 9.96. The number of benzene rings is 1. The van der Waals surface area contributed by atoms with E-state index in [9.17, 15) is 14.4 Å². The molecule has 0 atom stereocenters. The fourth-order valence-electron chi connectivity index (χ4n) is 3.43. The first-order valence-corrected chi connectivity index (χ1v) is 9.30. The fraction of sp³-hybridized carbons (Fsp3) is 0.450. The van der Waals surface area contributed by atoms with Gasteiger partial charge < -0.3 is 15.0 Å². The number of aromatic nitrogens is 1. The van der Waals surface area contributed by atoms with Crippen LogP contribution in [0.2, 0.25) is 0 Å². The largest absolute Gasteiger partial charge is 0.452 e. The van der Waals surface area contributed by atoms with Gasteiger partial charge in [0, 0.05) is 22.6 Å². The third-order valence-electron chi connectivity index (χ3n) is 5.07. The molecule has 1 aromatic carbocycles. The maximum absolute atomic E-state index is 12.2. The number of carbonyl (C=O) groups is 3. The number of ether oxygens (including phenoxy) is 1. The number of urea groups is 1. The molecule has 7 heteroatoms. The molecule has 0 spiro atoms. The zero-order valence-corrected chi connectivity index (χ0v) is 15.7. The van der Waals surface area contributed by atoms with Crippen LogP contribution >= 0.6 is 0 Å². The van der Waals surface area contributed by atoms with Gasteiger partial charge in [0.2, 0.25) is 0 Å². The Balaban J connectivity index is 1.50. The number of H-pyrrole nitrogens is 1. The number of fused-ring (bicyclic) bond motifs is 1. The predicted octanol–water partition coefficient (Wildman–Crippen LogP) is 3.10. The molecule has 144 valence electrons. The van der Waals surface area contributed by atoms with Gasteiger partial charge in [-0.15, -0.1) is 0 Å². The van der Waals surface area contributed by atoms with E-state index in [4.69, 9.17) is 4.74 Å². The highest BCUT2D eigenvalue weighted by atomic mass is 16.5. The van der Waals surface area contributed by atoms with Gasteiger partial charge in [0.15, 0.2) is 6.61 Å². The van der Waals surface area contributed by atoms with Crippen molar-refractivity contribution in [2.75, 3.05) is 6.61 Å². The second kappa shape index (κ2) is 8.24. The van der Waals surface area contributed by atoms with E-state index in [0.29, 0.717) is 5.56 Å². The summed E-state index contributed by atoms with van der Waals surface area (Å²) in [6.07, 6.45) is 5.21. The van der Waals surface area contributed by atoms with Crippen molar-refractivity contribution in [2.24, 2.45) is 0 Å². The molecule has 3 rings (SSSR count). The Morgan fingerprint density at radius 1 is 1.15 bits per heavy atom. The topological polar surface area (TPSA) is 100 Å². The van der Waals surface area contributed by atoms with Crippen LogP contribution in [0.15, 0.2) is 18.2 Å². The third-order valence-corrected chi connectivity index (χ3v) is 5.07. The lowest BCUT2D eigenvalue weighted by Gasteiger charge is -2.22. The monoisotopic (exact) mass is 371 g/mol. The van der Waals surface area contributed by atoms with Crippen LogP contribution in [0.25, 0.3) is 10.9 Å². The molecule has 27 heavy (non-hydrogen) atoms. The van der Waals surface area contributed by atoms with E-state index in [0.717, 1.165) is 47.8 Å². The highest BCUT2D eigenvalue weighted by Crippen LogP contribution is 2.22. The summed E-state index contributed by atoms with van der Waals surface area (Å²) in [5, 5.41) is 5.93. The number of aryl methyl sites for hydroxylation is 2. The summed E-state index contributed by atoms with van der Waals surface area (Å²) in [5.41, 5.74) is 3.42. The zero-order valence-electron chi connectivity index (χ0n) is 15.7. The predicted molar refractivity (Wildman–Crippen MR) is 102 cm³/mol. The first-order valence-electron chi connectivity index (χ1n) is 9.30. The standard InChI is InChI=1S/C20H25N3O4/c1-12-13(2)21-17-9-8-14(10-16(12)17)19(25)27-11-18(24)23-20(26)22-15-6-4-3-5-7-15/h8-10,15,21H,3-7,11H2,1-2H3,(H2,22,23,24,26). The van der Waals surface area contributed by atoms with Gasteiger partial charge in [-0.05, 0) is 50.5 Å². The van der Waals surface area contributed by atoms with Crippen molar-refractivity contribution in [1.82, 2.24) is 15.6 Å². The summed E-state index contributed by atoms with van der Waals surface area (Å²) < 4.78 is 5.04. The van der Waals surface area contributed by atoms with Crippen molar-refractivity contribution < 1.29 is 19.1 Å². The van der Waals surface area contributed by atoms with E-state index in [2.05, 4.69) is 15.6 Å². The Morgan fingerprint density at radius 3 is 2.63 bits per heavy atom. The van der Waals surface area contributed by atoms with Crippen molar-refractivity contribution in [3.05, 3.63) is 35.0 Å². The van der Waals surface area contributed by atoms with Gasteiger partial charge in [0.05, 0.1) is 5.56 Å². The minimum Gasteiger partial charge on any atom is -0.452 e. The normalized spacial score (nSPS) is 14.7. The van der Waals surface area contributed by atoms with Crippen LogP contribution in [0.3, 0.4) is 0 Å². The van der Waals surface area contributed by atoms with Crippen molar-refractivity contribution in [1.29, 1.82) is 0 Å². The quantitative estimate of drug-likeness (QED) is 0.719. The number of carbonyl (C=O) groups excluding carboxylic acids is 3. The summed E-state index contributed by atoms with van der Waals surface area (Å²) in [6.45, 7) is 3.44. The second-order valence-electron chi connectivity index (χ2n) is 7.07. The minimum absolute atomic E-state index is 0.105. The van der Waals surface area contributed by atoms with Crippen molar-refractivity contribution in [2.45, 2.75) is 52.0 Å². The molecule has 0 unspecified atom stereocenters. The van der Waals surface area contributed by atoms with Gasteiger partial charge in [-0.2, -0.15) is 0 Å². The lowest BCUT2D eigenvalue weighted by molar-refractivity contribution is -0.123. The number of hydrogen-bond donors (Lipinski definition) is 3. The Labute approximate surface area is 157 Å². The SMILES string of the molecule is Cc1[nH]c2ccc(C(=O)OCC(=O)NC(=O)NC3CCCCC3)cc2c1C. The number of esters is 1. The summed E-state index contributed by atoms with van der Waals surface area (Å²) in [7, 11) is 0. The van der Waals surface area contributed by atoms with E-state index in [-0.39, 0.29) is 6.04 Å². The van der Waals surface area contributed by atoms with Crippen molar-refractivity contribution in [3.63, 3.8) is 0 Å². The average Bonchev–Trinajstić information content (AvgIpc) is 2.94. The zero-order chi connectivity index (χ0) is 19.4. The minimum atomic E-state index is -0.647. The maximum Gasteiger partial charge on any atom is 0.338 e. The fourth-order valence-corrected chi connectivity index (χ4v) is 3.43. The molecule has 2 aromatic rings. The molecule has 3 amide bonds. The number of rotatable bonds is 4. The maximum atomic E-state index is 12.2. The molecule has 1 heterocycles. The molecule has 1 aliphatic rings. The molecule has 1 fully saturated rings. The molecule has 0 aliphatic heterocycles. The molecular formula is C20H25N3O4. The van der Waals surface area contributed by atoms with Crippen molar-refractivity contribution in [3.8, 4) is 0 Å². The number of imide groups is 1. The number of amides is 3. The number of aromatic amines is 1. The van der Waals surface area contributed by atoms with E-state index in [1.807, 2.05) is 19.9 Å². The van der Waals surface area contributed by atoms with E-state index >= 15 is 0 Å². The smallest absolute Gasteiger partial charge is 0.338 e. The van der Waals surface area contributed by atoms with Gasteiger partial charge in [-0.1, -0.05) is 19.3 Å². The molecule has 1 aromatic heterocycles. The highest BCUT2D eigenvalue weighted by Gasteiger charge is 2.18. The molecule has 0 radical (unpaired) electrons. The van der Waals surface area contributed by atoms with Gasteiger partial charge in [0.25, 0.3) is 5.91 Å². The Morgan fingerprint density at radius 2 is 1.89 bits per heavy atom. The Kier molecular flexibility index (Phi) is 5.78. The van der Waals surface area contributed by atoms with E-state index in [1.165, 1.54) is 6.42 Å². The molecular weight excluding hydrogens is 346 g/mol. The summed E-state index contributed by atoms with van der Waals surface area (Å²) >= 11 is 0. The molecule has 7 nitrogen and oxygen atoms in total. The van der Waals surface area contributed by atoms with Gasteiger partial charge in [0.1, 0.15) is 0 Å². The Hall–Kier alpha value is -2.83. The summed E-state index contributed by atoms with van der Waals surface area (Å²) in [6, 6.07) is 4.76. The molecule has 0 saturated heterocycles. The van der Waals surface area contributed by atoms with Crippen LogP contribution in [0.1, 0.15) is 53.7 Å². The number of nitrogens with one attached hydrogen (secondary N) is 3. The lowest BCUT2D eigenvalue weighted by Crippen LogP contribution is -2.46. The van der Waals surface area contributed by atoms with Crippen LogP contribution in [0, 0.1) is 13.8 Å². The first kappa shape index (κ1) is 18.9. The van der Waals surface area contributed by atoms with E-state index < -0.39 is 24.5 Å². The first-order chi connectivity index (χ1) is 12.9. The number of hydrogen-bond acceptors (Lipinski definition) is 4. The highest BCUT2D eigenvalue weighted by molar-refractivity contribution is 5.99. The van der Waals surface area contributed by atoms with Crippen LogP contribution < -0.4 is 10.6 Å². The second-order valence-corrected chi connectivity index (χ2v) is 7.07. The molecule has 3 N–H and O–H groups in total. The summed E-state index contributed by atoms with van der Waals surface area (Å²) in [5.74, 6) is -1.25. The van der Waals surface area contributed by atoms with Gasteiger partial charge in [-0.3, -0.25) is 10.1 Å². The van der Waals surface area contributed by atoms with Gasteiger partial charge in [-0.25, -0.2) is 9.59 Å². The molecule has 0 bridgehead atoms. The third kappa shape index (κ3) is 4.67. The van der Waals surface area contributed by atoms with Crippen LogP contribution in [0.4, 0.5) is 4.79 Å². The van der Waals surface area contributed by atoms with Crippen LogP contribution in [-0.4, -0.2) is 35.5 Å².